The Morgan fingerprint density at radius 1 is 1.24 bits per heavy atom. The Morgan fingerprint density at radius 3 is 2.64 bits per heavy atom. The fraction of sp³-hybridized carbons (Fsp3) is 0.526. The Hall–Kier alpha value is -2.21. The monoisotopic (exact) mass is 343 g/mol. The molecule has 0 N–H and O–H groups in total. The van der Waals surface area contributed by atoms with Gasteiger partial charge in [0.2, 0.25) is 5.91 Å². The zero-order valence-electron chi connectivity index (χ0n) is 15.1. The van der Waals surface area contributed by atoms with Crippen molar-refractivity contribution in [3.63, 3.8) is 0 Å². The van der Waals surface area contributed by atoms with E-state index in [9.17, 15) is 9.59 Å². The third-order valence-corrected chi connectivity index (χ3v) is 4.60. The Kier molecular flexibility index (Phi) is 5.18. The number of aryl methyl sites for hydroxylation is 1. The quantitative estimate of drug-likeness (QED) is 0.853. The van der Waals surface area contributed by atoms with Crippen molar-refractivity contribution in [3.8, 4) is 0 Å². The van der Waals surface area contributed by atoms with Gasteiger partial charge in [0.25, 0.3) is 5.56 Å². The summed E-state index contributed by atoms with van der Waals surface area (Å²) in [5.74, 6) is 0.811. The van der Waals surface area contributed by atoms with Crippen molar-refractivity contribution < 1.29 is 9.53 Å². The maximum atomic E-state index is 12.6. The van der Waals surface area contributed by atoms with Crippen LogP contribution in [0.25, 0.3) is 10.9 Å². The second-order valence-electron chi connectivity index (χ2n) is 6.79. The molecule has 6 heteroatoms. The molecule has 0 bridgehead atoms. The van der Waals surface area contributed by atoms with Crippen LogP contribution in [0.3, 0.4) is 0 Å². The molecule has 1 aliphatic heterocycles. The van der Waals surface area contributed by atoms with Crippen molar-refractivity contribution in [2.24, 2.45) is 0 Å². The molecule has 1 aromatic heterocycles. The van der Waals surface area contributed by atoms with Gasteiger partial charge in [-0.15, -0.1) is 0 Å². The molecule has 2 aromatic rings. The highest BCUT2D eigenvalue weighted by Gasteiger charge is 2.25. The Labute approximate surface area is 147 Å². The molecule has 25 heavy (non-hydrogen) atoms. The normalized spacial score (nSPS) is 20.8. The summed E-state index contributed by atoms with van der Waals surface area (Å²) in [6.45, 7) is 7.59. The van der Waals surface area contributed by atoms with Crippen molar-refractivity contribution in [3.05, 3.63) is 40.4 Å². The molecule has 134 valence electrons. The predicted octanol–water partition coefficient (Wildman–Crippen LogP) is 2.12. The maximum Gasteiger partial charge on any atom is 0.261 e. The van der Waals surface area contributed by atoms with Crippen LogP contribution in [0.15, 0.2) is 29.1 Å². The van der Waals surface area contributed by atoms with E-state index in [0.29, 0.717) is 49.2 Å². The molecule has 0 saturated carbocycles. The molecule has 1 fully saturated rings. The summed E-state index contributed by atoms with van der Waals surface area (Å²) in [6.07, 6.45) is 1.20. The second kappa shape index (κ2) is 7.35. The summed E-state index contributed by atoms with van der Waals surface area (Å²) >= 11 is 0. The van der Waals surface area contributed by atoms with Crippen LogP contribution in [0.5, 0.6) is 0 Å². The zero-order chi connectivity index (χ0) is 18.0. The van der Waals surface area contributed by atoms with Crippen LogP contribution in [0, 0.1) is 6.92 Å². The molecule has 3 rings (SSSR count). The van der Waals surface area contributed by atoms with Crippen molar-refractivity contribution in [2.45, 2.75) is 52.4 Å². The molecule has 1 amide bonds. The van der Waals surface area contributed by atoms with Gasteiger partial charge in [-0.2, -0.15) is 0 Å². The van der Waals surface area contributed by atoms with Crippen LogP contribution in [0.4, 0.5) is 0 Å². The van der Waals surface area contributed by atoms with Crippen molar-refractivity contribution in [1.29, 1.82) is 0 Å². The van der Waals surface area contributed by atoms with E-state index >= 15 is 0 Å². The van der Waals surface area contributed by atoms with E-state index in [1.165, 1.54) is 0 Å². The third kappa shape index (κ3) is 3.90. The van der Waals surface area contributed by atoms with Gasteiger partial charge >= 0.3 is 0 Å². The van der Waals surface area contributed by atoms with Gasteiger partial charge < -0.3 is 9.64 Å². The SMILES string of the molecule is Cc1nc2ccccc2c(=O)n1CCCC(=O)N1C[C@@H](C)O[C@@H](C)C1. The fourth-order valence-corrected chi connectivity index (χ4v) is 3.47. The van der Waals surface area contributed by atoms with Crippen LogP contribution in [-0.4, -0.2) is 45.7 Å². The Bertz CT molecular complexity index is 820. The molecule has 0 unspecified atom stereocenters. The number of hydrogen-bond acceptors (Lipinski definition) is 4. The van der Waals surface area contributed by atoms with Crippen LogP contribution in [0.1, 0.15) is 32.5 Å². The Morgan fingerprint density at radius 2 is 1.92 bits per heavy atom. The van der Waals surface area contributed by atoms with Crippen molar-refractivity contribution >= 4 is 16.8 Å². The minimum absolute atomic E-state index is 0.0378. The van der Waals surface area contributed by atoms with E-state index in [1.54, 1.807) is 10.6 Å². The standard InChI is InChI=1S/C19H25N3O3/c1-13-11-21(12-14(2)25-13)18(23)9-6-10-22-15(3)20-17-8-5-4-7-16(17)19(22)24/h4-5,7-8,13-14H,6,9-12H2,1-3H3/t13-,14+. The minimum atomic E-state index is -0.0378. The lowest BCUT2D eigenvalue weighted by Crippen LogP contribution is -2.48. The molecule has 1 aromatic carbocycles. The van der Waals surface area contributed by atoms with Gasteiger partial charge in [0.1, 0.15) is 5.82 Å². The van der Waals surface area contributed by atoms with Gasteiger partial charge in [-0.3, -0.25) is 14.2 Å². The lowest BCUT2D eigenvalue weighted by molar-refractivity contribution is -0.143. The number of morpholine rings is 1. The van der Waals surface area contributed by atoms with Gasteiger partial charge in [0.15, 0.2) is 0 Å². The molecular weight excluding hydrogens is 318 g/mol. The van der Waals surface area contributed by atoms with E-state index in [-0.39, 0.29) is 23.7 Å². The molecule has 2 heterocycles. The first kappa shape index (κ1) is 17.6. The smallest absolute Gasteiger partial charge is 0.261 e. The number of para-hydroxylation sites is 1. The lowest BCUT2D eigenvalue weighted by Gasteiger charge is -2.35. The number of hydrogen-bond donors (Lipinski definition) is 0. The van der Waals surface area contributed by atoms with Crippen LogP contribution >= 0.6 is 0 Å². The lowest BCUT2D eigenvalue weighted by atomic mass is 10.2. The first-order chi connectivity index (χ1) is 12.0. The molecule has 2 atom stereocenters. The number of benzene rings is 1. The van der Waals surface area contributed by atoms with Gasteiger partial charge in [0.05, 0.1) is 23.1 Å². The number of carbonyl (C=O) groups excluding carboxylic acids is 1. The number of ether oxygens (including phenoxy) is 1. The van der Waals surface area contributed by atoms with E-state index in [4.69, 9.17) is 4.74 Å². The molecule has 0 spiro atoms. The molecule has 0 aliphatic carbocycles. The number of amides is 1. The Balaban J connectivity index is 1.65. The van der Waals surface area contributed by atoms with E-state index in [2.05, 4.69) is 4.98 Å². The second-order valence-corrected chi connectivity index (χ2v) is 6.79. The minimum Gasteiger partial charge on any atom is -0.372 e. The topological polar surface area (TPSA) is 64.4 Å². The average molecular weight is 343 g/mol. The number of rotatable bonds is 4. The summed E-state index contributed by atoms with van der Waals surface area (Å²) in [4.78, 5) is 31.4. The van der Waals surface area contributed by atoms with Gasteiger partial charge in [-0.05, 0) is 39.3 Å². The fourth-order valence-electron chi connectivity index (χ4n) is 3.47. The molecule has 6 nitrogen and oxygen atoms in total. The van der Waals surface area contributed by atoms with Crippen LogP contribution in [0.2, 0.25) is 0 Å². The van der Waals surface area contributed by atoms with Crippen LogP contribution < -0.4 is 5.56 Å². The van der Waals surface area contributed by atoms with E-state index < -0.39 is 0 Å². The zero-order valence-corrected chi connectivity index (χ0v) is 15.1. The summed E-state index contributed by atoms with van der Waals surface area (Å²) < 4.78 is 7.33. The summed E-state index contributed by atoms with van der Waals surface area (Å²) in [5, 5.41) is 0.621. The highest BCUT2D eigenvalue weighted by Crippen LogP contribution is 2.13. The summed E-state index contributed by atoms with van der Waals surface area (Å²) in [6, 6.07) is 7.36. The molecule has 0 radical (unpaired) electrons. The van der Waals surface area contributed by atoms with Crippen molar-refractivity contribution in [2.75, 3.05) is 13.1 Å². The summed E-state index contributed by atoms with van der Waals surface area (Å²) in [5.41, 5.74) is 0.679. The van der Waals surface area contributed by atoms with Crippen LogP contribution in [-0.2, 0) is 16.1 Å². The first-order valence-corrected chi connectivity index (χ1v) is 8.85. The van der Waals surface area contributed by atoms with E-state index in [0.717, 1.165) is 0 Å². The third-order valence-electron chi connectivity index (χ3n) is 4.60. The highest BCUT2D eigenvalue weighted by atomic mass is 16.5. The molecular formula is C19H25N3O3. The number of nitrogens with zero attached hydrogens (tertiary/aromatic N) is 3. The highest BCUT2D eigenvalue weighted by molar-refractivity contribution is 5.77. The van der Waals surface area contributed by atoms with E-state index in [1.807, 2.05) is 43.9 Å². The number of aromatic nitrogens is 2. The predicted molar refractivity (Wildman–Crippen MR) is 96.6 cm³/mol. The van der Waals surface area contributed by atoms with Gasteiger partial charge in [-0.25, -0.2) is 4.98 Å². The van der Waals surface area contributed by atoms with Crippen molar-refractivity contribution in [1.82, 2.24) is 14.5 Å². The summed E-state index contributed by atoms with van der Waals surface area (Å²) in [7, 11) is 0. The maximum absolute atomic E-state index is 12.6. The molecule has 1 aliphatic rings. The largest absolute Gasteiger partial charge is 0.372 e. The molecule has 1 saturated heterocycles. The number of carbonyl (C=O) groups is 1. The average Bonchev–Trinajstić information content (AvgIpc) is 2.56. The first-order valence-electron chi connectivity index (χ1n) is 8.85. The van der Waals surface area contributed by atoms with Gasteiger partial charge in [-0.1, -0.05) is 12.1 Å². The van der Waals surface area contributed by atoms with Gasteiger partial charge in [0, 0.05) is 26.1 Å². The number of fused-ring (bicyclic) bond motifs is 1.